The zero-order chi connectivity index (χ0) is 16.3. The lowest BCUT2D eigenvalue weighted by molar-refractivity contribution is -0.119. The van der Waals surface area contributed by atoms with E-state index in [9.17, 15) is 4.79 Å². The first kappa shape index (κ1) is 15.6. The SMILES string of the molecule is CC(=O)NCC[C@@](C)(Oc1cccc2ccoc12)c1cccs1. The molecule has 4 nitrogen and oxygen atoms in total. The quantitative estimate of drug-likeness (QED) is 0.733. The number of furan rings is 1. The third kappa shape index (κ3) is 3.40. The van der Waals surface area contributed by atoms with Gasteiger partial charge in [-0.3, -0.25) is 4.79 Å². The molecule has 3 aromatic rings. The minimum Gasteiger partial charge on any atom is -0.478 e. The highest BCUT2D eigenvalue weighted by molar-refractivity contribution is 7.10. The molecule has 0 aliphatic rings. The van der Waals surface area contributed by atoms with Gasteiger partial charge in [0.05, 0.1) is 6.26 Å². The molecule has 120 valence electrons. The molecular weight excluding hydrogens is 310 g/mol. The Kier molecular flexibility index (Phi) is 4.39. The molecule has 0 fully saturated rings. The van der Waals surface area contributed by atoms with Crippen molar-refractivity contribution in [2.75, 3.05) is 6.54 Å². The Morgan fingerprint density at radius 2 is 2.17 bits per heavy atom. The monoisotopic (exact) mass is 329 g/mol. The number of amides is 1. The maximum Gasteiger partial charge on any atom is 0.216 e. The van der Waals surface area contributed by atoms with E-state index in [2.05, 4.69) is 11.4 Å². The van der Waals surface area contributed by atoms with E-state index in [0.29, 0.717) is 18.7 Å². The van der Waals surface area contributed by atoms with Crippen LogP contribution in [0.5, 0.6) is 5.75 Å². The van der Waals surface area contributed by atoms with Crippen LogP contribution in [-0.4, -0.2) is 12.5 Å². The first-order valence-corrected chi connectivity index (χ1v) is 8.40. The lowest BCUT2D eigenvalue weighted by Gasteiger charge is -2.30. The van der Waals surface area contributed by atoms with Crippen LogP contribution >= 0.6 is 11.3 Å². The fourth-order valence-electron chi connectivity index (χ4n) is 2.57. The zero-order valence-electron chi connectivity index (χ0n) is 13.2. The molecule has 5 heteroatoms. The molecule has 0 radical (unpaired) electrons. The molecule has 2 heterocycles. The summed E-state index contributed by atoms with van der Waals surface area (Å²) < 4.78 is 11.9. The van der Waals surface area contributed by atoms with Crippen LogP contribution in [0, 0.1) is 0 Å². The summed E-state index contributed by atoms with van der Waals surface area (Å²) in [4.78, 5) is 12.3. The van der Waals surface area contributed by atoms with Crippen LogP contribution < -0.4 is 10.1 Å². The molecule has 1 atom stereocenters. The first-order valence-electron chi connectivity index (χ1n) is 7.52. The fourth-order valence-corrected chi connectivity index (χ4v) is 3.42. The summed E-state index contributed by atoms with van der Waals surface area (Å²) in [7, 11) is 0. The number of para-hydroxylation sites is 1. The number of hydrogen-bond donors (Lipinski definition) is 1. The van der Waals surface area contributed by atoms with Gasteiger partial charge in [0.15, 0.2) is 11.3 Å². The molecule has 0 aliphatic heterocycles. The van der Waals surface area contributed by atoms with E-state index in [1.807, 2.05) is 42.6 Å². The molecular formula is C18H19NO3S. The van der Waals surface area contributed by atoms with Gasteiger partial charge in [0.2, 0.25) is 5.91 Å². The molecule has 1 N–H and O–H groups in total. The highest BCUT2D eigenvalue weighted by Crippen LogP contribution is 2.37. The van der Waals surface area contributed by atoms with Gasteiger partial charge in [-0.2, -0.15) is 0 Å². The molecule has 0 saturated carbocycles. The van der Waals surface area contributed by atoms with Crippen LogP contribution in [0.4, 0.5) is 0 Å². The second-order valence-corrected chi connectivity index (χ2v) is 6.59. The van der Waals surface area contributed by atoms with Crippen molar-refractivity contribution in [2.24, 2.45) is 0 Å². The molecule has 0 saturated heterocycles. The molecule has 2 aromatic heterocycles. The lowest BCUT2D eigenvalue weighted by Crippen LogP contribution is -2.34. The van der Waals surface area contributed by atoms with Crippen molar-refractivity contribution < 1.29 is 13.9 Å². The Labute approximate surface area is 139 Å². The van der Waals surface area contributed by atoms with E-state index in [4.69, 9.17) is 9.15 Å². The average Bonchev–Trinajstić information content (AvgIpc) is 3.19. The standard InChI is InChI=1S/C18H19NO3S/c1-13(20)19-10-9-18(2,16-7-4-12-23-16)22-15-6-3-5-14-8-11-21-17(14)15/h3-8,11-12H,9-10H2,1-2H3,(H,19,20)/t18-/m1/s1. The van der Waals surface area contributed by atoms with Gasteiger partial charge in [-0.15, -0.1) is 11.3 Å². The second-order valence-electron chi connectivity index (χ2n) is 5.64. The number of fused-ring (bicyclic) bond motifs is 1. The maximum absolute atomic E-state index is 11.2. The molecule has 0 unspecified atom stereocenters. The van der Waals surface area contributed by atoms with E-state index in [-0.39, 0.29) is 5.91 Å². The predicted octanol–water partition coefficient (Wildman–Crippen LogP) is 4.31. The number of rotatable bonds is 6. The van der Waals surface area contributed by atoms with Crippen molar-refractivity contribution >= 4 is 28.2 Å². The van der Waals surface area contributed by atoms with Crippen molar-refractivity contribution in [3.8, 4) is 5.75 Å². The number of carbonyl (C=O) groups excluding carboxylic acids is 1. The Balaban J connectivity index is 1.89. The number of carbonyl (C=O) groups is 1. The number of thiophene rings is 1. The maximum atomic E-state index is 11.2. The van der Waals surface area contributed by atoms with Crippen molar-refractivity contribution in [3.05, 3.63) is 52.9 Å². The molecule has 3 rings (SSSR count). The molecule has 0 spiro atoms. The summed E-state index contributed by atoms with van der Waals surface area (Å²) in [5.41, 5.74) is 0.215. The largest absolute Gasteiger partial charge is 0.478 e. The Morgan fingerprint density at radius 3 is 2.91 bits per heavy atom. The zero-order valence-corrected chi connectivity index (χ0v) is 14.0. The lowest BCUT2D eigenvalue weighted by atomic mass is 9.99. The topological polar surface area (TPSA) is 51.5 Å². The van der Waals surface area contributed by atoms with Gasteiger partial charge in [-0.1, -0.05) is 18.2 Å². The van der Waals surface area contributed by atoms with Crippen LogP contribution in [0.3, 0.4) is 0 Å². The van der Waals surface area contributed by atoms with Crippen LogP contribution in [0.1, 0.15) is 25.1 Å². The summed E-state index contributed by atoms with van der Waals surface area (Å²) in [6.45, 7) is 4.12. The summed E-state index contributed by atoms with van der Waals surface area (Å²) >= 11 is 1.65. The number of nitrogens with one attached hydrogen (secondary N) is 1. The summed E-state index contributed by atoms with van der Waals surface area (Å²) in [6, 6.07) is 11.8. The third-order valence-electron chi connectivity index (χ3n) is 3.80. The van der Waals surface area contributed by atoms with E-state index in [1.165, 1.54) is 6.92 Å². The predicted molar refractivity (Wildman–Crippen MR) is 91.8 cm³/mol. The van der Waals surface area contributed by atoms with Crippen LogP contribution in [-0.2, 0) is 10.4 Å². The van der Waals surface area contributed by atoms with Crippen LogP contribution in [0.2, 0.25) is 0 Å². The van der Waals surface area contributed by atoms with Crippen LogP contribution in [0.25, 0.3) is 11.0 Å². The molecule has 0 bridgehead atoms. The molecule has 1 amide bonds. The van der Waals surface area contributed by atoms with Gasteiger partial charge in [0.1, 0.15) is 5.60 Å². The Morgan fingerprint density at radius 1 is 1.30 bits per heavy atom. The van der Waals surface area contributed by atoms with Crippen molar-refractivity contribution in [1.29, 1.82) is 0 Å². The second kappa shape index (κ2) is 6.46. The highest BCUT2D eigenvalue weighted by atomic mass is 32.1. The summed E-state index contributed by atoms with van der Waals surface area (Å²) in [5, 5.41) is 5.89. The first-order chi connectivity index (χ1) is 11.1. The number of hydrogen-bond acceptors (Lipinski definition) is 4. The van der Waals surface area contributed by atoms with E-state index >= 15 is 0 Å². The van der Waals surface area contributed by atoms with E-state index < -0.39 is 5.60 Å². The van der Waals surface area contributed by atoms with Crippen molar-refractivity contribution in [2.45, 2.75) is 25.9 Å². The minimum absolute atomic E-state index is 0.0355. The minimum atomic E-state index is -0.530. The smallest absolute Gasteiger partial charge is 0.216 e. The Hall–Kier alpha value is -2.27. The van der Waals surface area contributed by atoms with Gasteiger partial charge in [-0.25, -0.2) is 0 Å². The highest BCUT2D eigenvalue weighted by Gasteiger charge is 2.31. The van der Waals surface area contributed by atoms with Gasteiger partial charge in [-0.05, 0) is 30.5 Å². The van der Waals surface area contributed by atoms with Crippen LogP contribution in [0.15, 0.2) is 52.5 Å². The van der Waals surface area contributed by atoms with E-state index in [1.54, 1.807) is 17.6 Å². The van der Waals surface area contributed by atoms with Crippen molar-refractivity contribution in [1.82, 2.24) is 5.32 Å². The summed E-state index contributed by atoms with van der Waals surface area (Å²) in [5.74, 6) is 0.679. The average molecular weight is 329 g/mol. The normalized spacial score (nSPS) is 13.7. The molecule has 1 aromatic carbocycles. The fraction of sp³-hybridized carbons (Fsp3) is 0.278. The number of benzene rings is 1. The van der Waals surface area contributed by atoms with Gasteiger partial charge >= 0.3 is 0 Å². The summed E-state index contributed by atoms with van der Waals surface area (Å²) in [6.07, 6.45) is 2.33. The number of ether oxygens (including phenoxy) is 1. The van der Waals surface area contributed by atoms with Gasteiger partial charge in [0, 0.05) is 30.2 Å². The van der Waals surface area contributed by atoms with Gasteiger partial charge in [0.25, 0.3) is 0 Å². The van der Waals surface area contributed by atoms with Crippen molar-refractivity contribution in [3.63, 3.8) is 0 Å². The van der Waals surface area contributed by atoms with E-state index in [0.717, 1.165) is 15.8 Å². The van der Waals surface area contributed by atoms with Gasteiger partial charge < -0.3 is 14.5 Å². The third-order valence-corrected chi connectivity index (χ3v) is 4.91. The molecule has 0 aliphatic carbocycles. The molecule has 23 heavy (non-hydrogen) atoms. The Bertz CT molecular complexity index is 794.